The standard InChI is InChI=1S/C18H22N2O3/c1-12-13-5-3-4-6-14(13)23-17(22)15(12)16(21)20-11-18(2)7-9-19-10-8-18/h3-6,19H,7-11H2,1-2H3,(H,20,21). The van der Waals surface area contributed by atoms with Gasteiger partial charge in [0.15, 0.2) is 0 Å². The zero-order valence-electron chi connectivity index (χ0n) is 13.6. The Morgan fingerprint density at radius 3 is 2.74 bits per heavy atom. The van der Waals surface area contributed by atoms with Gasteiger partial charge < -0.3 is 15.1 Å². The minimum Gasteiger partial charge on any atom is -0.422 e. The molecule has 0 aliphatic carbocycles. The molecule has 122 valence electrons. The molecule has 3 rings (SSSR count). The van der Waals surface area contributed by atoms with E-state index in [-0.39, 0.29) is 16.9 Å². The average molecular weight is 314 g/mol. The number of para-hydroxylation sites is 1. The van der Waals surface area contributed by atoms with E-state index in [1.807, 2.05) is 18.2 Å². The van der Waals surface area contributed by atoms with Crippen LogP contribution in [-0.4, -0.2) is 25.5 Å². The zero-order chi connectivity index (χ0) is 16.4. The predicted octanol–water partition coefficient (Wildman–Crippen LogP) is 2.22. The molecule has 2 N–H and O–H groups in total. The van der Waals surface area contributed by atoms with E-state index in [2.05, 4.69) is 17.6 Å². The Morgan fingerprint density at radius 2 is 2.00 bits per heavy atom. The van der Waals surface area contributed by atoms with Gasteiger partial charge in [0.1, 0.15) is 11.1 Å². The van der Waals surface area contributed by atoms with Crippen LogP contribution in [0.4, 0.5) is 0 Å². The van der Waals surface area contributed by atoms with Crippen LogP contribution in [0.5, 0.6) is 0 Å². The number of piperidine rings is 1. The van der Waals surface area contributed by atoms with Gasteiger partial charge in [0.05, 0.1) is 0 Å². The summed E-state index contributed by atoms with van der Waals surface area (Å²) in [5, 5.41) is 7.05. The highest BCUT2D eigenvalue weighted by Gasteiger charge is 2.28. The predicted molar refractivity (Wildman–Crippen MR) is 89.8 cm³/mol. The molecule has 0 atom stereocenters. The van der Waals surface area contributed by atoms with E-state index in [1.165, 1.54) is 0 Å². The van der Waals surface area contributed by atoms with Gasteiger partial charge in [0.25, 0.3) is 5.91 Å². The number of hydrogen-bond acceptors (Lipinski definition) is 4. The van der Waals surface area contributed by atoms with Crippen LogP contribution in [0.25, 0.3) is 11.0 Å². The van der Waals surface area contributed by atoms with E-state index >= 15 is 0 Å². The van der Waals surface area contributed by atoms with Gasteiger partial charge in [0.2, 0.25) is 0 Å². The molecule has 0 bridgehead atoms. The Bertz CT molecular complexity index is 788. The van der Waals surface area contributed by atoms with Crippen LogP contribution >= 0.6 is 0 Å². The SMILES string of the molecule is Cc1c(C(=O)NCC2(C)CCNCC2)c(=O)oc2ccccc12. The second-order valence-electron chi connectivity index (χ2n) is 6.63. The number of carbonyl (C=O) groups excluding carboxylic acids is 1. The van der Waals surface area contributed by atoms with Crippen molar-refractivity contribution in [1.82, 2.24) is 10.6 Å². The molecule has 2 heterocycles. The van der Waals surface area contributed by atoms with Crippen LogP contribution in [0.1, 0.15) is 35.7 Å². The highest BCUT2D eigenvalue weighted by Crippen LogP contribution is 2.27. The van der Waals surface area contributed by atoms with Crippen molar-refractivity contribution in [2.75, 3.05) is 19.6 Å². The first-order chi connectivity index (χ1) is 11.0. The van der Waals surface area contributed by atoms with Gasteiger partial charge in [-0.2, -0.15) is 0 Å². The topological polar surface area (TPSA) is 71.3 Å². The minimum absolute atomic E-state index is 0.0753. The summed E-state index contributed by atoms with van der Waals surface area (Å²) in [6.07, 6.45) is 2.02. The number of benzene rings is 1. The molecule has 0 radical (unpaired) electrons. The molecule has 23 heavy (non-hydrogen) atoms. The third kappa shape index (κ3) is 3.15. The van der Waals surface area contributed by atoms with Crippen LogP contribution in [0.2, 0.25) is 0 Å². The van der Waals surface area contributed by atoms with Crippen molar-refractivity contribution < 1.29 is 9.21 Å². The molecule has 1 aliphatic rings. The number of fused-ring (bicyclic) bond motifs is 1. The van der Waals surface area contributed by atoms with Gasteiger partial charge >= 0.3 is 5.63 Å². The van der Waals surface area contributed by atoms with Gasteiger partial charge in [-0.1, -0.05) is 25.1 Å². The van der Waals surface area contributed by atoms with E-state index in [1.54, 1.807) is 13.0 Å². The summed E-state index contributed by atoms with van der Waals surface area (Å²) in [5.74, 6) is -0.346. The van der Waals surface area contributed by atoms with Crippen LogP contribution < -0.4 is 16.3 Å². The van der Waals surface area contributed by atoms with Crippen molar-refractivity contribution in [1.29, 1.82) is 0 Å². The third-order valence-electron chi connectivity index (χ3n) is 4.79. The lowest BCUT2D eigenvalue weighted by molar-refractivity contribution is 0.0918. The second-order valence-corrected chi connectivity index (χ2v) is 6.63. The maximum absolute atomic E-state index is 12.5. The molecule has 0 saturated carbocycles. The van der Waals surface area contributed by atoms with E-state index in [4.69, 9.17) is 4.42 Å². The lowest BCUT2D eigenvalue weighted by atomic mass is 9.81. The highest BCUT2D eigenvalue weighted by atomic mass is 16.4. The fraction of sp³-hybridized carbons (Fsp3) is 0.444. The monoisotopic (exact) mass is 314 g/mol. The molecule has 1 aromatic carbocycles. The first-order valence-corrected chi connectivity index (χ1v) is 8.02. The van der Waals surface area contributed by atoms with E-state index in [9.17, 15) is 9.59 Å². The van der Waals surface area contributed by atoms with Crippen molar-refractivity contribution >= 4 is 16.9 Å². The Labute approximate surface area is 135 Å². The van der Waals surface area contributed by atoms with Gasteiger partial charge in [-0.3, -0.25) is 4.79 Å². The van der Waals surface area contributed by atoms with E-state index in [0.717, 1.165) is 31.3 Å². The zero-order valence-corrected chi connectivity index (χ0v) is 13.6. The number of rotatable bonds is 3. The molecule has 5 nitrogen and oxygen atoms in total. The van der Waals surface area contributed by atoms with Crippen molar-refractivity contribution in [3.05, 3.63) is 45.8 Å². The highest BCUT2D eigenvalue weighted by molar-refractivity contribution is 5.99. The molecular formula is C18H22N2O3. The molecule has 1 aromatic heterocycles. The maximum Gasteiger partial charge on any atom is 0.349 e. The van der Waals surface area contributed by atoms with Gasteiger partial charge in [-0.25, -0.2) is 4.79 Å². The fourth-order valence-electron chi connectivity index (χ4n) is 3.16. The third-order valence-corrected chi connectivity index (χ3v) is 4.79. The minimum atomic E-state index is -0.575. The quantitative estimate of drug-likeness (QED) is 0.852. The normalized spacial score (nSPS) is 17.1. The van der Waals surface area contributed by atoms with Crippen LogP contribution in [0, 0.1) is 12.3 Å². The second kappa shape index (κ2) is 6.16. The van der Waals surface area contributed by atoms with Gasteiger partial charge in [-0.15, -0.1) is 0 Å². The van der Waals surface area contributed by atoms with Crippen molar-refractivity contribution in [3.8, 4) is 0 Å². The molecule has 1 fully saturated rings. The van der Waals surface area contributed by atoms with E-state index in [0.29, 0.717) is 17.7 Å². The average Bonchev–Trinajstić information content (AvgIpc) is 2.54. The van der Waals surface area contributed by atoms with Crippen molar-refractivity contribution in [3.63, 3.8) is 0 Å². The number of carbonyl (C=O) groups is 1. The smallest absolute Gasteiger partial charge is 0.349 e. The summed E-state index contributed by atoms with van der Waals surface area (Å²) < 4.78 is 5.29. The summed E-state index contributed by atoms with van der Waals surface area (Å²) in [6.45, 7) is 6.45. The Balaban J connectivity index is 1.85. The first-order valence-electron chi connectivity index (χ1n) is 8.02. The number of aryl methyl sites for hydroxylation is 1. The molecule has 1 amide bonds. The Kier molecular flexibility index (Phi) is 4.22. The van der Waals surface area contributed by atoms with E-state index < -0.39 is 5.63 Å². The Hall–Kier alpha value is -2.14. The Morgan fingerprint density at radius 1 is 1.30 bits per heavy atom. The number of hydrogen-bond donors (Lipinski definition) is 2. The molecule has 5 heteroatoms. The van der Waals surface area contributed by atoms with Crippen molar-refractivity contribution in [2.45, 2.75) is 26.7 Å². The maximum atomic E-state index is 12.5. The van der Waals surface area contributed by atoms with Crippen LogP contribution in [0.3, 0.4) is 0 Å². The van der Waals surface area contributed by atoms with Crippen molar-refractivity contribution in [2.24, 2.45) is 5.41 Å². The van der Waals surface area contributed by atoms with Crippen LogP contribution in [0.15, 0.2) is 33.5 Å². The lowest BCUT2D eigenvalue weighted by Crippen LogP contribution is -2.43. The fourth-order valence-corrected chi connectivity index (χ4v) is 3.16. The number of nitrogens with one attached hydrogen (secondary N) is 2. The summed E-state index contributed by atoms with van der Waals surface area (Å²) in [7, 11) is 0. The summed E-state index contributed by atoms with van der Waals surface area (Å²) >= 11 is 0. The largest absolute Gasteiger partial charge is 0.422 e. The molecule has 2 aromatic rings. The summed E-state index contributed by atoms with van der Waals surface area (Å²) in [5.41, 5.74) is 0.795. The molecule has 1 aliphatic heterocycles. The molecular weight excluding hydrogens is 292 g/mol. The first kappa shape index (κ1) is 15.7. The van der Waals surface area contributed by atoms with Crippen LogP contribution in [-0.2, 0) is 0 Å². The van der Waals surface area contributed by atoms with Gasteiger partial charge in [-0.05, 0) is 49.9 Å². The lowest BCUT2D eigenvalue weighted by Gasteiger charge is -2.34. The number of amides is 1. The molecule has 0 spiro atoms. The summed E-state index contributed by atoms with van der Waals surface area (Å²) in [4.78, 5) is 24.7. The van der Waals surface area contributed by atoms with Gasteiger partial charge in [0, 0.05) is 11.9 Å². The molecule has 0 unspecified atom stereocenters. The molecule has 1 saturated heterocycles. The summed E-state index contributed by atoms with van der Waals surface area (Å²) in [6, 6.07) is 7.27.